The molecule has 1 aromatic rings. The van der Waals surface area contributed by atoms with Crippen LogP contribution in [0.2, 0.25) is 0 Å². The number of carbonyl (C=O) groups excluding carboxylic acids is 1. The van der Waals surface area contributed by atoms with Gasteiger partial charge in [-0.15, -0.1) is 0 Å². The minimum Gasteiger partial charge on any atom is -0.497 e. The Kier molecular flexibility index (Phi) is 5.21. The van der Waals surface area contributed by atoms with Crippen molar-refractivity contribution in [1.29, 1.82) is 0 Å². The van der Waals surface area contributed by atoms with Crippen molar-refractivity contribution in [1.82, 2.24) is 9.80 Å². The highest BCUT2D eigenvalue weighted by Gasteiger charge is 2.29. The number of nitrogens with zero attached hydrogens (tertiary/aromatic N) is 2. The van der Waals surface area contributed by atoms with E-state index >= 15 is 0 Å². The Morgan fingerprint density at radius 2 is 1.61 bits per heavy atom. The molecule has 2 heterocycles. The molecular formula is C19H28N2O2. The maximum atomic E-state index is 12.6. The Balaban J connectivity index is 1.52. The molecule has 0 aromatic heterocycles. The number of likely N-dealkylation sites (tertiary alicyclic amines) is 2. The zero-order valence-corrected chi connectivity index (χ0v) is 14.3. The maximum absolute atomic E-state index is 12.6. The number of hydrogen-bond acceptors (Lipinski definition) is 3. The molecule has 2 fully saturated rings. The van der Waals surface area contributed by atoms with Crippen LogP contribution in [0.15, 0.2) is 24.3 Å². The molecule has 4 heteroatoms. The van der Waals surface area contributed by atoms with Crippen LogP contribution in [0.1, 0.15) is 43.0 Å². The first-order valence-corrected chi connectivity index (χ1v) is 8.84. The summed E-state index contributed by atoms with van der Waals surface area (Å²) in [5.74, 6) is 1.82. The van der Waals surface area contributed by atoms with Crippen molar-refractivity contribution < 1.29 is 9.53 Å². The standard InChI is InChI=1S/C19H28N2O2/c1-15-7-11-20(12-8-15)17-9-13-21(14-10-17)19(22)16-3-5-18(23-2)6-4-16/h3-6,15,17H,7-14H2,1-2H3. The van der Waals surface area contributed by atoms with Crippen molar-refractivity contribution in [2.45, 2.75) is 38.6 Å². The van der Waals surface area contributed by atoms with Crippen LogP contribution in [0.5, 0.6) is 5.75 Å². The summed E-state index contributed by atoms with van der Waals surface area (Å²) in [4.78, 5) is 17.2. The lowest BCUT2D eigenvalue weighted by molar-refractivity contribution is 0.0560. The molecule has 0 spiro atoms. The molecule has 126 valence electrons. The van der Waals surface area contributed by atoms with Crippen LogP contribution in [-0.2, 0) is 0 Å². The average molecular weight is 316 g/mol. The lowest BCUT2D eigenvalue weighted by atomic mass is 9.95. The second-order valence-corrected chi connectivity index (χ2v) is 6.97. The molecule has 3 rings (SSSR count). The summed E-state index contributed by atoms with van der Waals surface area (Å²) in [6, 6.07) is 8.10. The molecule has 0 bridgehead atoms. The molecule has 0 unspecified atom stereocenters. The highest BCUT2D eigenvalue weighted by atomic mass is 16.5. The fraction of sp³-hybridized carbons (Fsp3) is 0.632. The van der Waals surface area contributed by atoms with E-state index in [1.54, 1.807) is 7.11 Å². The third-order valence-corrected chi connectivity index (χ3v) is 5.42. The highest BCUT2D eigenvalue weighted by Crippen LogP contribution is 2.24. The Labute approximate surface area is 139 Å². The SMILES string of the molecule is COc1ccc(C(=O)N2CCC(N3CCC(C)CC3)CC2)cc1. The normalized spacial score (nSPS) is 21.4. The van der Waals surface area contributed by atoms with E-state index in [9.17, 15) is 4.79 Å². The summed E-state index contributed by atoms with van der Waals surface area (Å²) in [7, 11) is 1.64. The molecule has 1 aromatic carbocycles. The van der Waals surface area contributed by atoms with Gasteiger partial charge in [0.05, 0.1) is 7.11 Å². The number of piperidine rings is 2. The smallest absolute Gasteiger partial charge is 0.253 e. The molecule has 4 nitrogen and oxygen atoms in total. The largest absolute Gasteiger partial charge is 0.497 e. The Hall–Kier alpha value is -1.55. The summed E-state index contributed by atoms with van der Waals surface area (Å²) in [5.41, 5.74) is 0.760. The number of hydrogen-bond donors (Lipinski definition) is 0. The van der Waals surface area contributed by atoms with E-state index in [4.69, 9.17) is 4.74 Å². The van der Waals surface area contributed by atoms with Gasteiger partial charge in [0.2, 0.25) is 0 Å². The minimum atomic E-state index is 0.151. The lowest BCUT2D eigenvalue weighted by Crippen LogP contribution is -2.48. The topological polar surface area (TPSA) is 32.8 Å². The summed E-state index contributed by atoms with van der Waals surface area (Å²) in [6.07, 6.45) is 4.86. The molecule has 0 radical (unpaired) electrons. The Bertz CT molecular complexity index is 513. The van der Waals surface area contributed by atoms with E-state index in [2.05, 4.69) is 11.8 Å². The van der Waals surface area contributed by atoms with E-state index < -0.39 is 0 Å². The van der Waals surface area contributed by atoms with E-state index in [-0.39, 0.29) is 5.91 Å². The van der Waals surface area contributed by atoms with Crippen molar-refractivity contribution in [2.24, 2.45) is 5.92 Å². The molecule has 0 atom stereocenters. The van der Waals surface area contributed by atoms with E-state index in [1.165, 1.54) is 25.9 Å². The fourth-order valence-corrected chi connectivity index (χ4v) is 3.74. The lowest BCUT2D eigenvalue weighted by Gasteiger charge is -2.41. The predicted octanol–water partition coefficient (Wildman–Crippen LogP) is 3.03. The van der Waals surface area contributed by atoms with Gasteiger partial charge >= 0.3 is 0 Å². The second kappa shape index (κ2) is 7.35. The Morgan fingerprint density at radius 1 is 1.00 bits per heavy atom. The first-order valence-electron chi connectivity index (χ1n) is 8.84. The third-order valence-electron chi connectivity index (χ3n) is 5.42. The molecule has 2 saturated heterocycles. The first kappa shape index (κ1) is 16.3. The van der Waals surface area contributed by atoms with Gasteiger partial charge in [-0.3, -0.25) is 4.79 Å². The number of carbonyl (C=O) groups is 1. The summed E-state index contributed by atoms with van der Waals surface area (Å²) in [5, 5.41) is 0. The van der Waals surface area contributed by atoms with Crippen LogP contribution in [0, 0.1) is 5.92 Å². The number of amides is 1. The highest BCUT2D eigenvalue weighted by molar-refractivity contribution is 5.94. The van der Waals surface area contributed by atoms with Crippen molar-refractivity contribution in [3.63, 3.8) is 0 Å². The van der Waals surface area contributed by atoms with Crippen LogP contribution < -0.4 is 4.74 Å². The molecule has 0 aliphatic carbocycles. The number of ether oxygens (including phenoxy) is 1. The molecule has 0 saturated carbocycles. The van der Waals surface area contributed by atoms with Crippen molar-refractivity contribution in [2.75, 3.05) is 33.3 Å². The zero-order chi connectivity index (χ0) is 16.2. The van der Waals surface area contributed by atoms with Gasteiger partial charge in [-0.1, -0.05) is 6.92 Å². The van der Waals surface area contributed by atoms with Crippen LogP contribution in [0.4, 0.5) is 0 Å². The van der Waals surface area contributed by atoms with Crippen molar-refractivity contribution in [3.05, 3.63) is 29.8 Å². The second-order valence-electron chi connectivity index (χ2n) is 6.97. The zero-order valence-electron chi connectivity index (χ0n) is 14.3. The van der Waals surface area contributed by atoms with Crippen LogP contribution in [-0.4, -0.2) is 55.0 Å². The molecular weight excluding hydrogens is 288 g/mol. The fourth-order valence-electron chi connectivity index (χ4n) is 3.74. The van der Waals surface area contributed by atoms with Gasteiger partial charge < -0.3 is 14.5 Å². The molecule has 2 aliphatic heterocycles. The van der Waals surface area contributed by atoms with Crippen molar-refractivity contribution >= 4 is 5.91 Å². The van der Waals surface area contributed by atoms with Crippen LogP contribution in [0.3, 0.4) is 0 Å². The number of methoxy groups -OCH3 is 1. The van der Waals surface area contributed by atoms with Gasteiger partial charge in [-0.25, -0.2) is 0 Å². The van der Waals surface area contributed by atoms with E-state index in [1.807, 2.05) is 29.2 Å². The van der Waals surface area contributed by atoms with Crippen LogP contribution in [0.25, 0.3) is 0 Å². The van der Waals surface area contributed by atoms with Gasteiger partial charge in [0, 0.05) is 24.7 Å². The minimum absolute atomic E-state index is 0.151. The number of benzene rings is 1. The van der Waals surface area contributed by atoms with Gasteiger partial charge in [0.1, 0.15) is 5.75 Å². The molecule has 1 amide bonds. The quantitative estimate of drug-likeness (QED) is 0.859. The van der Waals surface area contributed by atoms with Gasteiger partial charge in [-0.05, 0) is 69.0 Å². The monoisotopic (exact) mass is 316 g/mol. The van der Waals surface area contributed by atoms with Gasteiger partial charge in [-0.2, -0.15) is 0 Å². The summed E-state index contributed by atoms with van der Waals surface area (Å²) < 4.78 is 5.15. The first-order chi connectivity index (χ1) is 11.2. The maximum Gasteiger partial charge on any atom is 0.253 e. The predicted molar refractivity (Wildman–Crippen MR) is 91.9 cm³/mol. The summed E-state index contributed by atoms with van der Waals surface area (Å²) >= 11 is 0. The van der Waals surface area contributed by atoms with Gasteiger partial charge in [0.15, 0.2) is 0 Å². The summed E-state index contributed by atoms with van der Waals surface area (Å²) in [6.45, 7) is 6.58. The van der Waals surface area contributed by atoms with Crippen molar-refractivity contribution in [3.8, 4) is 5.75 Å². The molecule has 2 aliphatic rings. The molecule has 23 heavy (non-hydrogen) atoms. The number of rotatable bonds is 3. The van der Waals surface area contributed by atoms with Gasteiger partial charge in [0.25, 0.3) is 5.91 Å². The third kappa shape index (κ3) is 3.86. The Morgan fingerprint density at radius 3 is 2.17 bits per heavy atom. The van der Waals surface area contributed by atoms with E-state index in [0.29, 0.717) is 6.04 Å². The van der Waals surface area contributed by atoms with E-state index in [0.717, 1.165) is 43.2 Å². The average Bonchev–Trinajstić information content (AvgIpc) is 2.62. The van der Waals surface area contributed by atoms with Crippen LogP contribution >= 0.6 is 0 Å². The molecule has 0 N–H and O–H groups in total.